The predicted molar refractivity (Wildman–Crippen MR) is 57.0 cm³/mol. The summed E-state index contributed by atoms with van der Waals surface area (Å²) >= 11 is 5.64. The van der Waals surface area contributed by atoms with Crippen molar-refractivity contribution in [1.82, 2.24) is 0 Å². The largest absolute Gasteiger partial charge is 0.466 e. The van der Waals surface area contributed by atoms with Crippen molar-refractivity contribution in [3.8, 4) is 0 Å². The van der Waals surface area contributed by atoms with Gasteiger partial charge in [-0.25, -0.2) is 9.18 Å². The lowest BCUT2D eigenvalue weighted by atomic mass is 10.1. The summed E-state index contributed by atoms with van der Waals surface area (Å²) in [5.41, 5.74) is 1.34. The quantitative estimate of drug-likeness (QED) is 0.452. The number of rotatable bonds is 3. The first-order chi connectivity index (χ1) is 7.17. The average molecular weight is 229 g/mol. The van der Waals surface area contributed by atoms with Crippen LogP contribution in [0.5, 0.6) is 0 Å². The smallest absolute Gasteiger partial charge is 0.330 e. The van der Waals surface area contributed by atoms with E-state index in [2.05, 4.69) is 4.74 Å². The molecule has 0 aliphatic heterocycles. The van der Waals surface area contributed by atoms with Crippen LogP contribution in [0.25, 0.3) is 6.08 Å². The van der Waals surface area contributed by atoms with E-state index in [0.29, 0.717) is 11.1 Å². The number of benzene rings is 1. The van der Waals surface area contributed by atoms with Gasteiger partial charge >= 0.3 is 5.97 Å². The predicted octanol–water partition coefficient (Wildman–Crippen LogP) is 2.75. The molecule has 0 atom stereocenters. The molecule has 2 nitrogen and oxygen atoms in total. The number of ether oxygens (including phenoxy) is 1. The van der Waals surface area contributed by atoms with Crippen LogP contribution in [0.2, 0.25) is 0 Å². The van der Waals surface area contributed by atoms with Gasteiger partial charge in [-0.3, -0.25) is 0 Å². The van der Waals surface area contributed by atoms with E-state index >= 15 is 0 Å². The van der Waals surface area contributed by atoms with Crippen molar-refractivity contribution in [1.29, 1.82) is 0 Å². The van der Waals surface area contributed by atoms with E-state index in [-0.39, 0.29) is 11.7 Å². The molecule has 0 aromatic heterocycles. The lowest BCUT2D eigenvalue weighted by molar-refractivity contribution is -0.134. The number of hydrogen-bond donors (Lipinski definition) is 0. The molecule has 0 aliphatic rings. The first kappa shape index (κ1) is 11.7. The molecule has 80 valence electrons. The Morgan fingerprint density at radius 3 is 2.93 bits per heavy atom. The van der Waals surface area contributed by atoms with Crippen LogP contribution >= 0.6 is 11.6 Å². The van der Waals surface area contributed by atoms with Crippen molar-refractivity contribution in [2.24, 2.45) is 0 Å². The Kier molecular flexibility index (Phi) is 4.31. The van der Waals surface area contributed by atoms with Crippen molar-refractivity contribution in [2.45, 2.75) is 5.88 Å². The lowest BCUT2D eigenvalue weighted by Crippen LogP contribution is -1.94. The molecule has 0 radical (unpaired) electrons. The molecule has 0 unspecified atom stereocenters. The molecule has 0 saturated heterocycles. The van der Waals surface area contributed by atoms with Gasteiger partial charge < -0.3 is 4.74 Å². The van der Waals surface area contributed by atoms with Gasteiger partial charge in [-0.15, -0.1) is 11.6 Å². The van der Waals surface area contributed by atoms with Gasteiger partial charge in [0.05, 0.1) is 7.11 Å². The minimum absolute atomic E-state index is 0.193. The average Bonchev–Trinajstić information content (AvgIpc) is 2.26. The highest BCUT2D eigenvalue weighted by molar-refractivity contribution is 6.17. The van der Waals surface area contributed by atoms with Crippen LogP contribution in [0, 0.1) is 5.82 Å². The summed E-state index contributed by atoms with van der Waals surface area (Å²) in [6.07, 6.45) is 2.81. The second-order valence-electron chi connectivity index (χ2n) is 2.83. The molecule has 0 amide bonds. The highest BCUT2D eigenvalue weighted by atomic mass is 35.5. The summed E-state index contributed by atoms with van der Waals surface area (Å²) in [6.45, 7) is 0. The number of halogens is 2. The van der Waals surface area contributed by atoms with Crippen LogP contribution in [0.1, 0.15) is 11.1 Å². The molecule has 0 heterocycles. The molecular formula is C11H10ClFO2. The maximum atomic E-state index is 12.8. The molecule has 0 N–H and O–H groups in total. The van der Waals surface area contributed by atoms with Crippen molar-refractivity contribution in [3.05, 3.63) is 41.2 Å². The van der Waals surface area contributed by atoms with Crippen LogP contribution in [-0.2, 0) is 15.4 Å². The highest BCUT2D eigenvalue weighted by Crippen LogP contribution is 2.15. The molecule has 0 spiro atoms. The lowest BCUT2D eigenvalue weighted by Gasteiger charge is -2.01. The number of hydrogen-bond acceptors (Lipinski definition) is 2. The second-order valence-corrected chi connectivity index (χ2v) is 3.10. The Labute approximate surface area is 92.3 Å². The first-order valence-electron chi connectivity index (χ1n) is 4.28. The van der Waals surface area contributed by atoms with Crippen molar-refractivity contribution >= 4 is 23.6 Å². The van der Waals surface area contributed by atoms with Crippen LogP contribution in [0.3, 0.4) is 0 Å². The topological polar surface area (TPSA) is 26.3 Å². The molecule has 0 saturated carbocycles. The maximum Gasteiger partial charge on any atom is 0.330 e. The van der Waals surface area contributed by atoms with Gasteiger partial charge in [0.1, 0.15) is 5.82 Å². The minimum Gasteiger partial charge on any atom is -0.466 e. The van der Waals surface area contributed by atoms with Crippen LogP contribution < -0.4 is 0 Å². The third-order valence-corrected chi connectivity index (χ3v) is 2.14. The fourth-order valence-corrected chi connectivity index (χ4v) is 1.31. The summed E-state index contributed by atoms with van der Waals surface area (Å²) in [5, 5.41) is 0. The van der Waals surface area contributed by atoms with Gasteiger partial charge in [-0.05, 0) is 29.3 Å². The van der Waals surface area contributed by atoms with E-state index in [1.165, 1.54) is 25.3 Å². The van der Waals surface area contributed by atoms with E-state index in [1.54, 1.807) is 12.1 Å². The molecule has 1 aromatic rings. The van der Waals surface area contributed by atoms with E-state index in [9.17, 15) is 9.18 Å². The summed E-state index contributed by atoms with van der Waals surface area (Å²) < 4.78 is 17.3. The first-order valence-corrected chi connectivity index (χ1v) is 4.81. The molecule has 15 heavy (non-hydrogen) atoms. The van der Waals surface area contributed by atoms with E-state index in [1.807, 2.05) is 0 Å². The van der Waals surface area contributed by atoms with Gasteiger partial charge in [0.15, 0.2) is 0 Å². The van der Waals surface area contributed by atoms with Crippen molar-refractivity contribution in [3.63, 3.8) is 0 Å². The summed E-state index contributed by atoms with van der Waals surface area (Å²) in [7, 11) is 1.29. The molecule has 1 aromatic carbocycles. The number of methoxy groups -OCH3 is 1. The zero-order valence-corrected chi connectivity index (χ0v) is 8.92. The fraction of sp³-hybridized carbons (Fsp3) is 0.182. The number of alkyl halides is 1. The SMILES string of the molecule is COC(=O)/C=C\c1ccc(F)cc1CCl. The van der Waals surface area contributed by atoms with Crippen molar-refractivity contribution in [2.75, 3.05) is 7.11 Å². The van der Waals surface area contributed by atoms with Gasteiger partial charge in [0, 0.05) is 12.0 Å². The molecule has 1 rings (SSSR count). The zero-order chi connectivity index (χ0) is 11.3. The summed E-state index contributed by atoms with van der Waals surface area (Å²) in [5.74, 6) is -0.612. The maximum absolute atomic E-state index is 12.8. The van der Waals surface area contributed by atoms with Gasteiger partial charge in [0.25, 0.3) is 0 Å². The van der Waals surface area contributed by atoms with Gasteiger partial charge in [-0.1, -0.05) is 6.07 Å². The Balaban J connectivity index is 2.94. The molecule has 4 heteroatoms. The normalized spacial score (nSPS) is 10.6. The number of esters is 1. The minimum atomic E-state index is -0.458. The van der Waals surface area contributed by atoms with Crippen LogP contribution in [0.15, 0.2) is 24.3 Å². The Hall–Kier alpha value is -1.35. The molecule has 0 bridgehead atoms. The monoisotopic (exact) mass is 228 g/mol. The third kappa shape index (κ3) is 3.36. The second kappa shape index (κ2) is 5.51. The summed E-state index contributed by atoms with van der Waals surface area (Å²) in [4.78, 5) is 10.8. The molecule has 0 fully saturated rings. The highest BCUT2D eigenvalue weighted by Gasteiger charge is 2.01. The van der Waals surface area contributed by atoms with Crippen molar-refractivity contribution < 1.29 is 13.9 Å². The fourth-order valence-electron chi connectivity index (χ4n) is 1.08. The summed E-state index contributed by atoms with van der Waals surface area (Å²) in [6, 6.07) is 4.21. The Bertz CT molecular complexity index is 388. The Morgan fingerprint density at radius 1 is 1.60 bits per heavy atom. The molecule has 0 aliphatic carbocycles. The number of carbonyl (C=O) groups excluding carboxylic acids is 1. The van der Waals surface area contributed by atoms with Crippen LogP contribution in [0.4, 0.5) is 4.39 Å². The van der Waals surface area contributed by atoms with Gasteiger partial charge in [0.2, 0.25) is 0 Å². The van der Waals surface area contributed by atoms with E-state index in [4.69, 9.17) is 11.6 Å². The van der Waals surface area contributed by atoms with E-state index in [0.717, 1.165) is 0 Å². The standard InChI is InChI=1S/C11H10ClFO2/c1-15-11(14)5-3-8-2-4-10(13)6-9(8)7-12/h2-6H,7H2,1H3/b5-3-. The zero-order valence-electron chi connectivity index (χ0n) is 8.17. The molecular weight excluding hydrogens is 219 g/mol. The third-order valence-electron chi connectivity index (χ3n) is 1.85. The van der Waals surface area contributed by atoms with Gasteiger partial charge in [-0.2, -0.15) is 0 Å². The van der Waals surface area contributed by atoms with Crippen LogP contribution in [-0.4, -0.2) is 13.1 Å². The van der Waals surface area contributed by atoms with E-state index < -0.39 is 5.97 Å². The Morgan fingerprint density at radius 2 is 2.33 bits per heavy atom. The number of carbonyl (C=O) groups is 1.